The van der Waals surface area contributed by atoms with Gasteiger partial charge in [0, 0.05) is 5.69 Å². The third-order valence-electron chi connectivity index (χ3n) is 4.42. The highest BCUT2D eigenvalue weighted by molar-refractivity contribution is 6.02. The maximum atomic E-state index is 12.1. The SMILES string of the molecule is C/C(=N\NC(=O)CNc1c(C)cccc1C)c1ccc2ccccc2c1. The van der Waals surface area contributed by atoms with E-state index in [2.05, 4.69) is 40.1 Å². The maximum Gasteiger partial charge on any atom is 0.259 e. The van der Waals surface area contributed by atoms with Crippen molar-refractivity contribution in [2.75, 3.05) is 11.9 Å². The monoisotopic (exact) mass is 345 g/mol. The molecule has 1 amide bonds. The number of benzene rings is 3. The largest absolute Gasteiger partial charge is 0.376 e. The Morgan fingerprint density at radius 1 is 0.923 bits per heavy atom. The van der Waals surface area contributed by atoms with Gasteiger partial charge >= 0.3 is 0 Å². The smallest absolute Gasteiger partial charge is 0.259 e. The van der Waals surface area contributed by atoms with Gasteiger partial charge in [-0.15, -0.1) is 0 Å². The summed E-state index contributed by atoms with van der Waals surface area (Å²) in [5.74, 6) is -0.173. The molecule has 0 fully saturated rings. The van der Waals surface area contributed by atoms with Crippen LogP contribution in [0.5, 0.6) is 0 Å². The molecule has 0 saturated heterocycles. The molecule has 0 heterocycles. The zero-order chi connectivity index (χ0) is 18.5. The normalized spacial score (nSPS) is 11.4. The second kappa shape index (κ2) is 7.83. The Morgan fingerprint density at radius 3 is 2.35 bits per heavy atom. The van der Waals surface area contributed by atoms with Crippen molar-refractivity contribution < 1.29 is 4.79 Å². The van der Waals surface area contributed by atoms with Gasteiger partial charge in [-0.3, -0.25) is 4.79 Å². The van der Waals surface area contributed by atoms with Crippen LogP contribution in [0, 0.1) is 13.8 Å². The summed E-state index contributed by atoms with van der Waals surface area (Å²) in [7, 11) is 0. The van der Waals surface area contributed by atoms with E-state index in [0.717, 1.165) is 33.5 Å². The molecule has 0 spiro atoms. The summed E-state index contributed by atoms with van der Waals surface area (Å²) in [6, 6.07) is 20.4. The molecule has 0 bridgehead atoms. The van der Waals surface area contributed by atoms with E-state index in [1.54, 1.807) is 0 Å². The zero-order valence-corrected chi connectivity index (χ0v) is 15.3. The van der Waals surface area contributed by atoms with E-state index in [-0.39, 0.29) is 12.5 Å². The van der Waals surface area contributed by atoms with Crippen LogP contribution in [-0.2, 0) is 4.79 Å². The van der Waals surface area contributed by atoms with Crippen LogP contribution in [0.1, 0.15) is 23.6 Å². The summed E-state index contributed by atoms with van der Waals surface area (Å²) < 4.78 is 0. The highest BCUT2D eigenvalue weighted by Gasteiger charge is 2.05. The fourth-order valence-corrected chi connectivity index (χ4v) is 2.93. The average Bonchev–Trinajstić information content (AvgIpc) is 2.65. The lowest BCUT2D eigenvalue weighted by molar-refractivity contribution is -0.119. The lowest BCUT2D eigenvalue weighted by Gasteiger charge is -2.11. The van der Waals surface area contributed by atoms with Crippen LogP contribution in [0.2, 0.25) is 0 Å². The molecule has 0 radical (unpaired) electrons. The number of aryl methyl sites for hydroxylation is 2. The fraction of sp³-hybridized carbons (Fsp3) is 0.182. The Kier molecular flexibility index (Phi) is 5.32. The number of hydrazone groups is 1. The topological polar surface area (TPSA) is 53.5 Å². The molecule has 0 aromatic heterocycles. The van der Waals surface area contributed by atoms with Crippen molar-refractivity contribution in [1.82, 2.24) is 5.43 Å². The summed E-state index contributed by atoms with van der Waals surface area (Å²) in [5, 5.41) is 9.76. The second-order valence-corrected chi connectivity index (χ2v) is 6.41. The predicted molar refractivity (Wildman–Crippen MR) is 109 cm³/mol. The van der Waals surface area contributed by atoms with Gasteiger partial charge in [0.05, 0.1) is 12.3 Å². The predicted octanol–water partition coefficient (Wildman–Crippen LogP) is 4.41. The lowest BCUT2D eigenvalue weighted by Crippen LogP contribution is -2.27. The number of anilines is 1. The second-order valence-electron chi connectivity index (χ2n) is 6.41. The number of rotatable bonds is 5. The lowest BCUT2D eigenvalue weighted by atomic mass is 10.0. The van der Waals surface area contributed by atoms with Crippen molar-refractivity contribution in [3.05, 3.63) is 77.4 Å². The third-order valence-corrected chi connectivity index (χ3v) is 4.42. The molecule has 0 aliphatic carbocycles. The van der Waals surface area contributed by atoms with Gasteiger partial charge in [0.15, 0.2) is 0 Å². The zero-order valence-electron chi connectivity index (χ0n) is 15.3. The summed E-state index contributed by atoms with van der Waals surface area (Å²) in [4.78, 5) is 12.1. The summed E-state index contributed by atoms with van der Waals surface area (Å²) in [5.41, 5.74) is 7.63. The van der Waals surface area contributed by atoms with E-state index in [1.165, 1.54) is 5.39 Å². The van der Waals surface area contributed by atoms with Crippen molar-refractivity contribution in [2.24, 2.45) is 5.10 Å². The van der Waals surface area contributed by atoms with Crippen molar-refractivity contribution in [2.45, 2.75) is 20.8 Å². The van der Waals surface area contributed by atoms with Crippen LogP contribution in [0.3, 0.4) is 0 Å². The van der Waals surface area contributed by atoms with Gasteiger partial charge in [-0.05, 0) is 54.3 Å². The Morgan fingerprint density at radius 2 is 1.62 bits per heavy atom. The molecule has 3 aromatic carbocycles. The van der Waals surface area contributed by atoms with Crippen molar-refractivity contribution >= 4 is 28.1 Å². The molecule has 4 nitrogen and oxygen atoms in total. The Labute approximate surface area is 153 Å². The van der Waals surface area contributed by atoms with Crippen LogP contribution in [0.25, 0.3) is 10.8 Å². The van der Waals surface area contributed by atoms with Crippen LogP contribution >= 0.6 is 0 Å². The molecule has 4 heteroatoms. The van der Waals surface area contributed by atoms with Gasteiger partial charge in [0.25, 0.3) is 5.91 Å². The molecule has 0 unspecified atom stereocenters. The Bertz CT molecular complexity index is 956. The summed E-state index contributed by atoms with van der Waals surface area (Å²) >= 11 is 0. The number of hydrogen-bond acceptors (Lipinski definition) is 3. The first kappa shape index (κ1) is 17.7. The molecular formula is C22H23N3O. The molecule has 0 aliphatic heterocycles. The molecule has 0 atom stereocenters. The standard InChI is InChI=1S/C22H23N3O/c1-15-7-6-8-16(2)22(15)23-14-21(26)25-24-17(3)19-12-11-18-9-4-5-10-20(18)13-19/h4-13,23H,14H2,1-3H3,(H,25,26)/b24-17+. The molecule has 26 heavy (non-hydrogen) atoms. The van der Waals surface area contributed by atoms with Gasteiger partial charge in [-0.2, -0.15) is 5.10 Å². The van der Waals surface area contributed by atoms with E-state index >= 15 is 0 Å². The number of fused-ring (bicyclic) bond motifs is 1. The van der Waals surface area contributed by atoms with Crippen LogP contribution in [0.15, 0.2) is 65.8 Å². The minimum Gasteiger partial charge on any atom is -0.376 e. The van der Waals surface area contributed by atoms with Gasteiger partial charge in [0.1, 0.15) is 0 Å². The minimum absolute atomic E-state index is 0.173. The number of hydrogen-bond donors (Lipinski definition) is 2. The first-order chi connectivity index (χ1) is 12.5. The van der Waals surface area contributed by atoms with E-state index in [4.69, 9.17) is 0 Å². The van der Waals surface area contributed by atoms with Gasteiger partial charge in [-0.1, -0.05) is 54.6 Å². The number of nitrogens with one attached hydrogen (secondary N) is 2. The molecule has 0 aliphatic rings. The summed E-state index contributed by atoms with van der Waals surface area (Å²) in [6.07, 6.45) is 0. The van der Waals surface area contributed by atoms with Crippen LogP contribution in [0.4, 0.5) is 5.69 Å². The number of nitrogens with zero attached hydrogens (tertiary/aromatic N) is 1. The number of carbonyl (C=O) groups is 1. The van der Waals surface area contributed by atoms with Gasteiger partial charge < -0.3 is 5.32 Å². The summed E-state index contributed by atoms with van der Waals surface area (Å²) in [6.45, 7) is 6.12. The highest BCUT2D eigenvalue weighted by Crippen LogP contribution is 2.19. The van der Waals surface area contributed by atoms with Gasteiger partial charge in [0.2, 0.25) is 0 Å². The third kappa shape index (κ3) is 4.09. The highest BCUT2D eigenvalue weighted by atomic mass is 16.2. The maximum absolute atomic E-state index is 12.1. The number of para-hydroxylation sites is 1. The van der Waals surface area contributed by atoms with Crippen LogP contribution in [-0.4, -0.2) is 18.2 Å². The van der Waals surface area contributed by atoms with E-state index in [1.807, 2.05) is 57.2 Å². The minimum atomic E-state index is -0.173. The number of carbonyl (C=O) groups excluding carboxylic acids is 1. The van der Waals surface area contributed by atoms with Crippen LogP contribution < -0.4 is 10.7 Å². The quantitative estimate of drug-likeness (QED) is 0.532. The Hall–Kier alpha value is -3.14. The fourth-order valence-electron chi connectivity index (χ4n) is 2.93. The van der Waals surface area contributed by atoms with Crippen molar-refractivity contribution in [3.63, 3.8) is 0 Å². The first-order valence-corrected chi connectivity index (χ1v) is 8.67. The van der Waals surface area contributed by atoms with Crippen molar-refractivity contribution in [1.29, 1.82) is 0 Å². The van der Waals surface area contributed by atoms with E-state index < -0.39 is 0 Å². The molecular weight excluding hydrogens is 322 g/mol. The molecule has 3 rings (SSSR count). The first-order valence-electron chi connectivity index (χ1n) is 8.67. The molecule has 3 aromatic rings. The molecule has 132 valence electrons. The van der Waals surface area contributed by atoms with Gasteiger partial charge in [-0.25, -0.2) is 5.43 Å². The molecule has 0 saturated carbocycles. The Balaban J connectivity index is 1.63. The van der Waals surface area contributed by atoms with E-state index in [0.29, 0.717) is 0 Å². The molecule has 2 N–H and O–H groups in total. The number of amides is 1. The average molecular weight is 345 g/mol. The van der Waals surface area contributed by atoms with E-state index in [9.17, 15) is 4.79 Å². The van der Waals surface area contributed by atoms with Crippen molar-refractivity contribution in [3.8, 4) is 0 Å².